The van der Waals surface area contributed by atoms with Crippen LogP contribution in [0.1, 0.15) is 49.4 Å². The molecule has 5 nitrogen and oxygen atoms in total. The largest absolute Gasteiger partial charge is 0.397 e. The number of aryl methyl sites for hydroxylation is 1. The number of fused-ring (bicyclic) bond motifs is 1. The van der Waals surface area contributed by atoms with Crippen LogP contribution in [-0.2, 0) is 0 Å². The molecule has 1 aliphatic rings. The summed E-state index contributed by atoms with van der Waals surface area (Å²) in [5.41, 5.74) is 8.09. The molecule has 1 saturated carbocycles. The quantitative estimate of drug-likeness (QED) is 0.779. The van der Waals surface area contributed by atoms with E-state index in [1.807, 2.05) is 11.4 Å². The van der Waals surface area contributed by atoms with Crippen LogP contribution in [0.5, 0.6) is 0 Å². The molecule has 0 aromatic carbocycles. The predicted octanol–water partition coefficient (Wildman–Crippen LogP) is 3.85. The molecule has 3 aromatic rings. The summed E-state index contributed by atoms with van der Waals surface area (Å²) in [5.74, 6) is 1.53. The van der Waals surface area contributed by atoms with Crippen LogP contribution < -0.4 is 5.73 Å². The van der Waals surface area contributed by atoms with Gasteiger partial charge in [-0.1, -0.05) is 30.6 Å². The number of anilines is 1. The van der Waals surface area contributed by atoms with E-state index in [0.29, 0.717) is 5.92 Å². The summed E-state index contributed by atoms with van der Waals surface area (Å²) in [6.07, 6.45) is 6.31. The molecule has 21 heavy (non-hydrogen) atoms. The molecule has 3 aromatic heterocycles. The Morgan fingerprint density at radius 1 is 1.24 bits per heavy atom. The van der Waals surface area contributed by atoms with Gasteiger partial charge in [-0.3, -0.25) is 0 Å². The van der Waals surface area contributed by atoms with Gasteiger partial charge in [0, 0.05) is 5.92 Å². The summed E-state index contributed by atoms with van der Waals surface area (Å²) in [6.45, 7) is 2.03. The molecule has 0 bridgehead atoms. The zero-order valence-corrected chi connectivity index (χ0v) is 13.5. The second-order valence-corrected chi connectivity index (χ2v) is 7.49. The fraction of sp³-hybridized carbons (Fsp3) is 0.500. The van der Waals surface area contributed by atoms with Crippen LogP contribution in [0.15, 0.2) is 5.38 Å². The van der Waals surface area contributed by atoms with Crippen molar-refractivity contribution in [1.29, 1.82) is 0 Å². The highest BCUT2D eigenvalue weighted by Gasteiger charge is 2.23. The van der Waals surface area contributed by atoms with Crippen LogP contribution in [0.2, 0.25) is 0 Å². The summed E-state index contributed by atoms with van der Waals surface area (Å²) in [4.78, 5) is 1.92. The number of aromatic nitrogens is 4. The minimum atomic E-state index is 0.506. The van der Waals surface area contributed by atoms with Crippen LogP contribution in [0.25, 0.3) is 14.8 Å². The van der Waals surface area contributed by atoms with Gasteiger partial charge in [0.05, 0.1) is 10.6 Å². The Morgan fingerprint density at radius 3 is 2.76 bits per heavy atom. The maximum atomic E-state index is 6.14. The molecule has 7 heteroatoms. The standard InChI is InChI=1S/C14H17N5S2/c1-8-7-20-11(10(8)15)13-18-19-12(16-17-14(19)21-13)9-5-3-2-4-6-9/h7,9H,2-6,15H2,1H3. The molecule has 0 atom stereocenters. The smallest absolute Gasteiger partial charge is 0.235 e. The Balaban J connectivity index is 1.77. The highest BCUT2D eigenvalue weighted by atomic mass is 32.1. The van der Waals surface area contributed by atoms with E-state index in [2.05, 4.69) is 15.6 Å². The third-order valence-electron chi connectivity index (χ3n) is 4.20. The second kappa shape index (κ2) is 5.06. The van der Waals surface area contributed by atoms with Gasteiger partial charge in [0.1, 0.15) is 0 Å². The maximum Gasteiger partial charge on any atom is 0.235 e. The van der Waals surface area contributed by atoms with Crippen LogP contribution in [0, 0.1) is 6.92 Å². The fourth-order valence-corrected chi connectivity index (χ4v) is 4.88. The lowest BCUT2D eigenvalue weighted by Gasteiger charge is -2.18. The lowest BCUT2D eigenvalue weighted by atomic mass is 9.89. The van der Waals surface area contributed by atoms with Gasteiger partial charge in [-0.05, 0) is 30.7 Å². The Labute approximate surface area is 130 Å². The molecule has 0 radical (unpaired) electrons. The first kappa shape index (κ1) is 13.2. The van der Waals surface area contributed by atoms with E-state index in [1.165, 1.54) is 32.1 Å². The number of nitrogens with zero attached hydrogens (tertiary/aromatic N) is 4. The summed E-state index contributed by atoms with van der Waals surface area (Å²) in [7, 11) is 0. The van der Waals surface area contributed by atoms with E-state index >= 15 is 0 Å². The first-order chi connectivity index (χ1) is 10.2. The molecule has 0 spiro atoms. The third kappa shape index (κ3) is 2.15. The highest BCUT2D eigenvalue weighted by Crippen LogP contribution is 2.38. The van der Waals surface area contributed by atoms with E-state index in [4.69, 9.17) is 10.8 Å². The molecule has 0 aliphatic heterocycles. The number of thiophene rings is 1. The lowest BCUT2D eigenvalue weighted by molar-refractivity contribution is 0.423. The molecule has 0 unspecified atom stereocenters. The van der Waals surface area contributed by atoms with Gasteiger partial charge in [-0.2, -0.15) is 9.61 Å². The summed E-state index contributed by atoms with van der Waals surface area (Å²) in [5, 5.41) is 16.4. The molecular weight excluding hydrogens is 302 g/mol. The zero-order chi connectivity index (χ0) is 14.4. The molecule has 4 rings (SSSR count). The molecule has 3 heterocycles. The molecule has 2 N–H and O–H groups in total. The predicted molar refractivity (Wildman–Crippen MR) is 86.9 cm³/mol. The Kier molecular flexibility index (Phi) is 3.19. The Bertz CT molecular complexity index is 779. The van der Waals surface area contributed by atoms with Crippen LogP contribution >= 0.6 is 22.7 Å². The monoisotopic (exact) mass is 319 g/mol. The molecule has 1 fully saturated rings. The molecular formula is C14H17N5S2. The van der Waals surface area contributed by atoms with Gasteiger partial charge in [0.25, 0.3) is 0 Å². The molecule has 1 aliphatic carbocycles. The number of nitrogens with two attached hydrogens (primary N) is 1. The van der Waals surface area contributed by atoms with E-state index in [0.717, 1.165) is 31.9 Å². The van der Waals surface area contributed by atoms with Crippen molar-refractivity contribution >= 4 is 33.3 Å². The average molecular weight is 319 g/mol. The summed E-state index contributed by atoms with van der Waals surface area (Å²) in [6, 6.07) is 0. The average Bonchev–Trinajstić information content (AvgIpc) is 3.15. The van der Waals surface area contributed by atoms with Crippen molar-refractivity contribution in [3.63, 3.8) is 0 Å². The van der Waals surface area contributed by atoms with E-state index in [9.17, 15) is 0 Å². The van der Waals surface area contributed by atoms with Crippen molar-refractivity contribution in [3.05, 3.63) is 16.8 Å². The van der Waals surface area contributed by atoms with Crippen molar-refractivity contribution in [3.8, 4) is 9.88 Å². The normalized spacial score (nSPS) is 16.8. The summed E-state index contributed by atoms with van der Waals surface area (Å²) >= 11 is 3.22. The number of hydrogen-bond acceptors (Lipinski definition) is 6. The van der Waals surface area contributed by atoms with Crippen LogP contribution in [0.4, 0.5) is 5.69 Å². The van der Waals surface area contributed by atoms with Gasteiger partial charge in [0.2, 0.25) is 4.96 Å². The number of rotatable bonds is 2. The van der Waals surface area contributed by atoms with Crippen molar-refractivity contribution < 1.29 is 0 Å². The van der Waals surface area contributed by atoms with Crippen LogP contribution in [-0.4, -0.2) is 19.8 Å². The van der Waals surface area contributed by atoms with Gasteiger partial charge < -0.3 is 5.73 Å². The number of hydrogen-bond donors (Lipinski definition) is 1. The minimum absolute atomic E-state index is 0.506. The fourth-order valence-electron chi connectivity index (χ4n) is 2.96. The Hall–Kier alpha value is -1.47. The highest BCUT2D eigenvalue weighted by molar-refractivity contribution is 7.24. The Morgan fingerprint density at radius 2 is 2.05 bits per heavy atom. The molecule has 0 saturated heterocycles. The second-order valence-electron chi connectivity index (χ2n) is 5.66. The molecule has 110 valence electrons. The van der Waals surface area contributed by atoms with Crippen molar-refractivity contribution in [2.75, 3.05) is 5.73 Å². The van der Waals surface area contributed by atoms with Gasteiger partial charge >= 0.3 is 0 Å². The first-order valence-electron chi connectivity index (χ1n) is 7.30. The summed E-state index contributed by atoms with van der Waals surface area (Å²) < 4.78 is 1.94. The van der Waals surface area contributed by atoms with Crippen LogP contribution in [0.3, 0.4) is 0 Å². The van der Waals surface area contributed by atoms with Crippen molar-refractivity contribution in [1.82, 2.24) is 19.8 Å². The van der Waals surface area contributed by atoms with Gasteiger partial charge in [-0.25, -0.2) is 0 Å². The lowest BCUT2D eigenvalue weighted by Crippen LogP contribution is -2.09. The first-order valence-corrected chi connectivity index (χ1v) is 8.99. The van der Waals surface area contributed by atoms with Gasteiger partial charge in [0.15, 0.2) is 10.8 Å². The van der Waals surface area contributed by atoms with E-state index in [1.54, 1.807) is 22.7 Å². The topological polar surface area (TPSA) is 69.1 Å². The van der Waals surface area contributed by atoms with E-state index < -0.39 is 0 Å². The van der Waals surface area contributed by atoms with Crippen molar-refractivity contribution in [2.24, 2.45) is 0 Å². The van der Waals surface area contributed by atoms with E-state index in [-0.39, 0.29) is 0 Å². The zero-order valence-electron chi connectivity index (χ0n) is 11.9. The third-order valence-corrected chi connectivity index (χ3v) is 6.37. The maximum absolute atomic E-state index is 6.14. The van der Waals surface area contributed by atoms with Gasteiger partial charge in [-0.15, -0.1) is 21.5 Å². The SMILES string of the molecule is Cc1csc(-c2nn3c(C4CCCCC4)nnc3s2)c1N. The minimum Gasteiger partial charge on any atom is -0.397 e. The number of nitrogen functional groups attached to an aromatic ring is 1. The molecule has 0 amide bonds. The van der Waals surface area contributed by atoms with Crippen molar-refractivity contribution in [2.45, 2.75) is 44.9 Å².